The fraction of sp³-hybridized carbons (Fsp3) is 0.208. The van der Waals surface area contributed by atoms with Gasteiger partial charge in [-0.1, -0.05) is 28.6 Å². The molecule has 0 spiro atoms. The molecule has 0 saturated heterocycles. The number of nitrogens with one attached hydrogen (secondary N) is 1. The van der Waals surface area contributed by atoms with Gasteiger partial charge in [-0.15, -0.1) is 5.10 Å². The zero-order valence-corrected chi connectivity index (χ0v) is 18.3. The average Bonchev–Trinajstić information content (AvgIpc) is 3.52. The van der Waals surface area contributed by atoms with E-state index in [9.17, 15) is 9.59 Å². The number of carboxylic acids is 1. The van der Waals surface area contributed by atoms with Gasteiger partial charge in [-0.25, -0.2) is 4.79 Å². The van der Waals surface area contributed by atoms with Crippen LogP contribution in [0.3, 0.4) is 0 Å². The summed E-state index contributed by atoms with van der Waals surface area (Å²) in [5.41, 5.74) is 2.03. The van der Waals surface area contributed by atoms with Crippen LogP contribution in [-0.2, 0) is 17.9 Å². The van der Waals surface area contributed by atoms with Crippen LogP contribution in [0, 0.1) is 0 Å². The topological polar surface area (TPSA) is 132 Å². The van der Waals surface area contributed by atoms with Crippen molar-refractivity contribution in [1.29, 1.82) is 0 Å². The predicted molar refractivity (Wildman–Crippen MR) is 122 cm³/mol. The molecule has 0 aliphatic carbocycles. The predicted octanol–water partition coefficient (Wildman–Crippen LogP) is 4.02. The number of aromatic nitrogens is 4. The summed E-state index contributed by atoms with van der Waals surface area (Å²) in [5, 5.41) is 23.5. The van der Waals surface area contributed by atoms with E-state index in [0.717, 1.165) is 18.5 Å². The van der Waals surface area contributed by atoms with Crippen LogP contribution in [0.15, 0.2) is 71.4 Å². The van der Waals surface area contributed by atoms with E-state index < -0.39 is 5.97 Å². The third kappa shape index (κ3) is 6.28. The van der Waals surface area contributed by atoms with Crippen molar-refractivity contribution in [2.75, 3.05) is 5.32 Å². The number of carboxylic acid groups (broad SMARTS) is 1. The molecule has 4 rings (SSSR count). The second kappa shape index (κ2) is 10.9. The lowest BCUT2D eigenvalue weighted by Gasteiger charge is -2.05. The number of anilines is 1. The molecule has 174 valence electrons. The van der Waals surface area contributed by atoms with E-state index in [1.54, 1.807) is 28.9 Å². The molecule has 34 heavy (non-hydrogen) atoms. The maximum Gasteiger partial charge on any atom is 0.358 e. The molecule has 2 aromatic heterocycles. The summed E-state index contributed by atoms with van der Waals surface area (Å²) in [6, 6.07) is 17.8. The van der Waals surface area contributed by atoms with Crippen molar-refractivity contribution in [3.8, 4) is 17.1 Å². The summed E-state index contributed by atoms with van der Waals surface area (Å²) in [6.45, 7) is 0.917. The smallest absolute Gasteiger partial charge is 0.358 e. The molecular formula is C24H23N5O5. The molecular weight excluding hydrogens is 438 g/mol. The molecule has 0 unspecified atom stereocenters. The first-order valence-corrected chi connectivity index (χ1v) is 10.7. The van der Waals surface area contributed by atoms with Gasteiger partial charge in [0.1, 0.15) is 18.1 Å². The number of nitrogens with zero attached hydrogens (tertiary/aromatic N) is 4. The quantitative estimate of drug-likeness (QED) is 0.320. The van der Waals surface area contributed by atoms with Crippen molar-refractivity contribution in [1.82, 2.24) is 20.2 Å². The third-order valence-corrected chi connectivity index (χ3v) is 4.94. The lowest BCUT2D eigenvalue weighted by Crippen LogP contribution is -2.11. The van der Waals surface area contributed by atoms with E-state index in [4.69, 9.17) is 14.4 Å². The van der Waals surface area contributed by atoms with E-state index in [1.165, 1.54) is 6.07 Å². The van der Waals surface area contributed by atoms with Crippen molar-refractivity contribution < 1.29 is 24.0 Å². The number of carbonyl (C=O) groups is 2. The minimum absolute atomic E-state index is 0.00414. The normalized spacial score (nSPS) is 10.7. The van der Waals surface area contributed by atoms with Crippen LogP contribution in [0.5, 0.6) is 5.75 Å². The molecule has 2 heterocycles. The number of para-hydroxylation sites is 1. The molecule has 2 aromatic carbocycles. The number of hydrogen-bond acceptors (Lipinski definition) is 7. The number of unbranched alkanes of at least 4 members (excludes halogenated alkanes) is 1. The zero-order chi connectivity index (χ0) is 23.8. The van der Waals surface area contributed by atoms with Crippen LogP contribution in [-0.4, -0.2) is 37.1 Å². The molecule has 0 fully saturated rings. The van der Waals surface area contributed by atoms with Gasteiger partial charge in [0, 0.05) is 30.3 Å². The van der Waals surface area contributed by atoms with Crippen LogP contribution in [0.2, 0.25) is 0 Å². The second-order valence-electron chi connectivity index (χ2n) is 7.54. The summed E-state index contributed by atoms with van der Waals surface area (Å²) in [4.78, 5) is 22.9. The molecule has 0 saturated carbocycles. The highest BCUT2D eigenvalue weighted by Crippen LogP contribution is 2.23. The summed E-state index contributed by atoms with van der Waals surface area (Å²) in [7, 11) is 0. The molecule has 0 aliphatic heterocycles. The van der Waals surface area contributed by atoms with Gasteiger partial charge in [0.15, 0.2) is 11.5 Å². The van der Waals surface area contributed by atoms with Crippen LogP contribution in [0.25, 0.3) is 11.3 Å². The van der Waals surface area contributed by atoms with E-state index in [-0.39, 0.29) is 18.2 Å². The standard InChI is InChI=1S/C24H23N5O5/c30-23(25-18-6-2-1-3-7-18)8-4-5-13-29-15-19(26-28-29)16-33-20-11-9-17(10-12-20)22-14-21(24(31)32)27-34-22/h1-3,6-7,9-12,14-15H,4-5,8,13,16H2,(H,25,30)(H,31,32). The number of carbonyl (C=O) groups excluding carboxylic acids is 1. The number of ether oxygens (including phenoxy) is 1. The van der Waals surface area contributed by atoms with Gasteiger partial charge in [-0.3, -0.25) is 9.48 Å². The van der Waals surface area contributed by atoms with E-state index in [0.29, 0.717) is 35.7 Å². The second-order valence-corrected chi connectivity index (χ2v) is 7.54. The van der Waals surface area contributed by atoms with Crippen LogP contribution in [0.1, 0.15) is 35.4 Å². The molecule has 10 nitrogen and oxygen atoms in total. The molecule has 4 aromatic rings. The van der Waals surface area contributed by atoms with Gasteiger partial charge in [-0.05, 0) is 49.2 Å². The van der Waals surface area contributed by atoms with E-state index in [2.05, 4.69) is 20.8 Å². The summed E-state index contributed by atoms with van der Waals surface area (Å²) >= 11 is 0. The SMILES string of the molecule is O=C(CCCCn1cc(COc2ccc(-c3cc(C(=O)O)no3)cc2)nn1)Nc1ccccc1. The average molecular weight is 461 g/mol. The highest BCUT2D eigenvalue weighted by atomic mass is 16.5. The molecule has 0 radical (unpaired) electrons. The minimum atomic E-state index is -1.14. The number of rotatable bonds is 11. The van der Waals surface area contributed by atoms with Gasteiger partial charge in [-0.2, -0.15) is 0 Å². The number of aryl methyl sites for hydroxylation is 1. The number of amides is 1. The molecule has 0 bridgehead atoms. The Hall–Kier alpha value is -4.47. The molecule has 10 heteroatoms. The van der Waals surface area contributed by atoms with Gasteiger partial charge in [0.25, 0.3) is 0 Å². The molecule has 0 atom stereocenters. The number of hydrogen-bond donors (Lipinski definition) is 2. The Kier molecular flexibility index (Phi) is 7.28. The van der Waals surface area contributed by atoms with Gasteiger partial charge in [0.2, 0.25) is 5.91 Å². The summed E-state index contributed by atoms with van der Waals surface area (Å²) < 4.78 is 12.5. The summed E-state index contributed by atoms with van der Waals surface area (Å²) in [5.74, 6) is -0.155. The Balaban J connectivity index is 1.18. The largest absolute Gasteiger partial charge is 0.487 e. The van der Waals surface area contributed by atoms with E-state index in [1.807, 2.05) is 36.5 Å². The van der Waals surface area contributed by atoms with Gasteiger partial charge < -0.3 is 19.7 Å². The molecule has 0 aliphatic rings. The Labute approximate surface area is 195 Å². The Morgan fingerprint density at radius 1 is 1.06 bits per heavy atom. The van der Waals surface area contributed by atoms with E-state index >= 15 is 0 Å². The molecule has 2 N–H and O–H groups in total. The van der Waals surface area contributed by atoms with Crippen molar-refractivity contribution in [2.45, 2.75) is 32.4 Å². The Morgan fingerprint density at radius 3 is 2.59 bits per heavy atom. The maximum absolute atomic E-state index is 12.0. The zero-order valence-electron chi connectivity index (χ0n) is 18.3. The van der Waals surface area contributed by atoms with Crippen molar-refractivity contribution in [2.24, 2.45) is 0 Å². The fourth-order valence-electron chi connectivity index (χ4n) is 3.20. The van der Waals surface area contributed by atoms with Gasteiger partial charge >= 0.3 is 5.97 Å². The van der Waals surface area contributed by atoms with Crippen molar-refractivity contribution >= 4 is 17.6 Å². The fourth-order valence-corrected chi connectivity index (χ4v) is 3.20. The highest BCUT2D eigenvalue weighted by molar-refractivity contribution is 5.90. The van der Waals surface area contributed by atoms with Gasteiger partial charge in [0.05, 0.1) is 6.20 Å². The maximum atomic E-state index is 12.0. The van der Waals surface area contributed by atoms with Crippen LogP contribution < -0.4 is 10.1 Å². The van der Waals surface area contributed by atoms with Crippen molar-refractivity contribution in [3.05, 3.63) is 78.2 Å². The monoisotopic (exact) mass is 461 g/mol. The first-order chi connectivity index (χ1) is 16.6. The Morgan fingerprint density at radius 2 is 1.85 bits per heavy atom. The lowest BCUT2D eigenvalue weighted by molar-refractivity contribution is -0.116. The lowest BCUT2D eigenvalue weighted by atomic mass is 10.1. The molecule has 1 amide bonds. The number of benzene rings is 2. The van der Waals surface area contributed by atoms with Crippen LogP contribution in [0.4, 0.5) is 5.69 Å². The first kappa shape index (κ1) is 22.7. The summed E-state index contributed by atoms with van der Waals surface area (Å²) in [6.07, 6.45) is 3.82. The number of aromatic carboxylic acids is 1. The first-order valence-electron chi connectivity index (χ1n) is 10.7. The third-order valence-electron chi connectivity index (χ3n) is 4.94. The highest BCUT2D eigenvalue weighted by Gasteiger charge is 2.12. The Bertz CT molecular complexity index is 1230. The van der Waals surface area contributed by atoms with Crippen molar-refractivity contribution in [3.63, 3.8) is 0 Å². The minimum Gasteiger partial charge on any atom is -0.487 e. The van der Waals surface area contributed by atoms with Crippen LogP contribution >= 0.6 is 0 Å².